The molecule has 0 bridgehead atoms. The molecule has 0 radical (unpaired) electrons. The minimum Gasteiger partial charge on any atom is -0.383 e. The van der Waals surface area contributed by atoms with Gasteiger partial charge in [-0.25, -0.2) is 4.39 Å². The van der Waals surface area contributed by atoms with Gasteiger partial charge in [0, 0.05) is 12.2 Å². The Labute approximate surface area is 95.0 Å². The Morgan fingerprint density at radius 2 is 2.27 bits per heavy atom. The molecule has 1 unspecified atom stereocenters. The van der Waals surface area contributed by atoms with Crippen molar-refractivity contribution in [3.8, 4) is 0 Å². The van der Waals surface area contributed by atoms with E-state index in [2.05, 4.69) is 21.2 Å². The lowest BCUT2D eigenvalue weighted by Gasteiger charge is -2.10. The van der Waals surface area contributed by atoms with E-state index in [-0.39, 0.29) is 12.4 Å². The molecule has 1 aromatic rings. The number of nitrogens with one attached hydrogen (secondary N) is 1. The second-order valence-corrected chi connectivity index (χ2v) is 3.87. The summed E-state index contributed by atoms with van der Waals surface area (Å²) in [6.07, 6.45) is 0. The summed E-state index contributed by atoms with van der Waals surface area (Å²) in [5, 5.41) is 2.81. The van der Waals surface area contributed by atoms with E-state index in [1.54, 1.807) is 12.1 Å². The Hall–Kier alpha value is -1.14. The summed E-state index contributed by atoms with van der Waals surface area (Å²) < 4.78 is 13.4. The van der Waals surface area contributed by atoms with Gasteiger partial charge >= 0.3 is 0 Å². The molecule has 1 atom stereocenters. The maximum Gasteiger partial charge on any atom is 0.236 e. The summed E-state index contributed by atoms with van der Waals surface area (Å²) in [4.78, 5) is 10.6. The largest absolute Gasteiger partial charge is 0.383 e. The van der Waals surface area contributed by atoms with Crippen LogP contribution in [0.1, 0.15) is 0 Å². The van der Waals surface area contributed by atoms with Crippen molar-refractivity contribution in [3.63, 3.8) is 0 Å². The van der Waals surface area contributed by atoms with E-state index in [4.69, 9.17) is 11.5 Å². The fraction of sp³-hybridized carbons (Fsp3) is 0.222. The second-order valence-electron chi connectivity index (χ2n) is 3.02. The standard InChI is InChI=1S/C9H11BrFN3O/c10-6-2-1-5(3-7(6)11)14-4-8(12)9(13)15/h1-3,8,14H,4,12H2,(H2,13,15). The van der Waals surface area contributed by atoms with Crippen molar-refractivity contribution < 1.29 is 9.18 Å². The predicted molar refractivity (Wildman–Crippen MR) is 59.8 cm³/mol. The lowest BCUT2D eigenvalue weighted by atomic mass is 10.2. The summed E-state index contributed by atoms with van der Waals surface area (Å²) in [5.41, 5.74) is 10.9. The summed E-state index contributed by atoms with van der Waals surface area (Å²) in [7, 11) is 0. The number of halogens is 2. The Balaban J connectivity index is 2.58. The van der Waals surface area contributed by atoms with Crippen molar-refractivity contribution in [3.05, 3.63) is 28.5 Å². The van der Waals surface area contributed by atoms with Crippen LogP contribution in [0.4, 0.5) is 10.1 Å². The van der Waals surface area contributed by atoms with E-state index in [0.29, 0.717) is 10.2 Å². The number of benzene rings is 1. The number of hydrogen-bond donors (Lipinski definition) is 3. The van der Waals surface area contributed by atoms with E-state index in [1.165, 1.54) is 6.07 Å². The number of nitrogens with two attached hydrogens (primary N) is 2. The Kier molecular flexibility index (Phi) is 4.05. The van der Waals surface area contributed by atoms with Crippen LogP contribution in [0.25, 0.3) is 0 Å². The van der Waals surface area contributed by atoms with Crippen molar-refractivity contribution in [2.75, 3.05) is 11.9 Å². The van der Waals surface area contributed by atoms with E-state index < -0.39 is 11.9 Å². The normalized spacial score (nSPS) is 12.2. The summed E-state index contributed by atoms with van der Waals surface area (Å²) in [6.45, 7) is 0.177. The molecule has 0 aliphatic rings. The van der Waals surface area contributed by atoms with Crippen LogP contribution >= 0.6 is 15.9 Å². The molecular weight excluding hydrogens is 265 g/mol. The molecule has 0 aromatic heterocycles. The van der Waals surface area contributed by atoms with Crippen molar-refractivity contribution in [2.24, 2.45) is 11.5 Å². The third-order valence-corrected chi connectivity index (χ3v) is 2.45. The molecule has 0 saturated carbocycles. The zero-order chi connectivity index (χ0) is 11.4. The number of carbonyl (C=O) groups is 1. The van der Waals surface area contributed by atoms with Gasteiger partial charge in [-0.3, -0.25) is 4.79 Å². The van der Waals surface area contributed by atoms with Crippen LogP contribution in [-0.2, 0) is 4.79 Å². The van der Waals surface area contributed by atoms with Gasteiger partial charge in [0.05, 0.1) is 4.47 Å². The SMILES string of the molecule is NC(=O)C(N)CNc1ccc(Br)c(F)c1. The third-order valence-electron chi connectivity index (χ3n) is 1.81. The first-order valence-corrected chi connectivity index (χ1v) is 5.04. The van der Waals surface area contributed by atoms with Crippen LogP contribution in [0.3, 0.4) is 0 Å². The molecule has 0 spiro atoms. The van der Waals surface area contributed by atoms with E-state index in [0.717, 1.165) is 0 Å². The van der Waals surface area contributed by atoms with Crippen molar-refractivity contribution >= 4 is 27.5 Å². The first kappa shape index (κ1) is 11.9. The molecule has 1 rings (SSSR count). The van der Waals surface area contributed by atoms with Crippen LogP contribution in [0.2, 0.25) is 0 Å². The van der Waals surface area contributed by atoms with Gasteiger partial charge in [-0.15, -0.1) is 0 Å². The quantitative estimate of drug-likeness (QED) is 0.761. The predicted octanol–water partition coefficient (Wildman–Crippen LogP) is 0.813. The Morgan fingerprint density at radius 3 is 2.80 bits per heavy atom. The monoisotopic (exact) mass is 275 g/mol. The molecule has 6 heteroatoms. The summed E-state index contributed by atoms with van der Waals surface area (Å²) >= 11 is 3.03. The molecule has 82 valence electrons. The lowest BCUT2D eigenvalue weighted by molar-refractivity contribution is -0.118. The molecule has 0 aliphatic heterocycles. The van der Waals surface area contributed by atoms with Gasteiger partial charge in [-0.1, -0.05) is 0 Å². The van der Waals surface area contributed by atoms with E-state index in [1.807, 2.05) is 0 Å². The summed E-state index contributed by atoms with van der Waals surface area (Å²) in [6, 6.07) is 3.75. The van der Waals surface area contributed by atoms with E-state index in [9.17, 15) is 9.18 Å². The highest BCUT2D eigenvalue weighted by Crippen LogP contribution is 2.18. The molecule has 15 heavy (non-hydrogen) atoms. The fourth-order valence-electron chi connectivity index (χ4n) is 0.934. The maximum absolute atomic E-state index is 13.1. The number of rotatable bonds is 4. The summed E-state index contributed by atoms with van der Waals surface area (Å²) in [5.74, 6) is -0.979. The molecule has 1 aromatic carbocycles. The molecule has 1 amide bonds. The van der Waals surface area contributed by atoms with Crippen LogP contribution in [-0.4, -0.2) is 18.5 Å². The highest BCUT2D eigenvalue weighted by molar-refractivity contribution is 9.10. The second kappa shape index (κ2) is 5.09. The average Bonchev–Trinajstić information content (AvgIpc) is 2.19. The number of hydrogen-bond acceptors (Lipinski definition) is 3. The minimum absolute atomic E-state index is 0.177. The van der Waals surface area contributed by atoms with Crippen molar-refractivity contribution in [2.45, 2.75) is 6.04 Å². The molecule has 0 heterocycles. The van der Waals surface area contributed by atoms with Gasteiger partial charge < -0.3 is 16.8 Å². The number of amides is 1. The van der Waals surface area contributed by atoms with Crippen LogP contribution in [0.15, 0.2) is 22.7 Å². The molecule has 4 nitrogen and oxygen atoms in total. The molecule has 0 aliphatic carbocycles. The van der Waals surface area contributed by atoms with Gasteiger partial charge in [0.1, 0.15) is 11.9 Å². The van der Waals surface area contributed by atoms with E-state index >= 15 is 0 Å². The Morgan fingerprint density at radius 1 is 1.60 bits per heavy atom. The van der Waals surface area contributed by atoms with Crippen molar-refractivity contribution in [1.82, 2.24) is 0 Å². The zero-order valence-corrected chi connectivity index (χ0v) is 9.42. The van der Waals surface area contributed by atoms with Gasteiger partial charge in [0.2, 0.25) is 5.91 Å². The first-order chi connectivity index (χ1) is 7.00. The smallest absolute Gasteiger partial charge is 0.236 e. The highest BCUT2D eigenvalue weighted by atomic mass is 79.9. The lowest BCUT2D eigenvalue weighted by Crippen LogP contribution is -2.41. The number of primary amides is 1. The third kappa shape index (κ3) is 3.49. The van der Waals surface area contributed by atoms with Crippen LogP contribution < -0.4 is 16.8 Å². The molecular formula is C9H11BrFN3O. The highest BCUT2D eigenvalue weighted by Gasteiger charge is 2.08. The zero-order valence-electron chi connectivity index (χ0n) is 7.84. The first-order valence-electron chi connectivity index (χ1n) is 4.24. The van der Waals surface area contributed by atoms with Gasteiger partial charge in [-0.2, -0.15) is 0 Å². The number of carbonyl (C=O) groups excluding carboxylic acids is 1. The van der Waals surface area contributed by atoms with Crippen LogP contribution in [0, 0.1) is 5.82 Å². The fourth-order valence-corrected chi connectivity index (χ4v) is 1.18. The van der Waals surface area contributed by atoms with Crippen molar-refractivity contribution in [1.29, 1.82) is 0 Å². The Bertz CT molecular complexity index is 372. The number of anilines is 1. The average molecular weight is 276 g/mol. The molecule has 0 fully saturated rings. The van der Waals surface area contributed by atoms with Crippen LogP contribution in [0.5, 0.6) is 0 Å². The molecule has 5 N–H and O–H groups in total. The van der Waals surface area contributed by atoms with Gasteiger partial charge in [-0.05, 0) is 34.1 Å². The minimum atomic E-state index is -0.781. The van der Waals surface area contributed by atoms with Gasteiger partial charge in [0.15, 0.2) is 0 Å². The van der Waals surface area contributed by atoms with Gasteiger partial charge in [0.25, 0.3) is 0 Å². The molecule has 0 saturated heterocycles. The maximum atomic E-state index is 13.1. The topological polar surface area (TPSA) is 81.1 Å².